The molecule has 6 nitrogen and oxygen atoms in total. The van der Waals surface area contributed by atoms with E-state index in [1.165, 1.54) is 0 Å². The SMILES string of the molecule is CCC(C)(CO)NC(=O)Nc1cc(-c2nc(C)co2)ccc1C. The number of carbonyl (C=O) groups is 1. The van der Waals surface area contributed by atoms with Crippen LogP contribution in [0.25, 0.3) is 11.5 Å². The molecule has 0 spiro atoms. The van der Waals surface area contributed by atoms with Crippen LogP contribution in [0.1, 0.15) is 31.5 Å². The highest BCUT2D eigenvalue weighted by molar-refractivity contribution is 5.91. The molecule has 0 bridgehead atoms. The van der Waals surface area contributed by atoms with E-state index in [4.69, 9.17) is 4.42 Å². The van der Waals surface area contributed by atoms with Gasteiger partial charge in [-0.25, -0.2) is 9.78 Å². The molecule has 0 saturated carbocycles. The Balaban J connectivity index is 2.18. The first-order valence-electron chi connectivity index (χ1n) is 7.60. The predicted octanol–water partition coefficient (Wildman–Crippen LogP) is 3.24. The van der Waals surface area contributed by atoms with Gasteiger partial charge in [0.2, 0.25) is 5.89 Å². The Morgan fingerprint density at radius 2 is 2.13 bits per heavy atom. The Labute approximate surface area is 135 Å². The number of aliphatic hydroxyl groups is 1. The molecule has 2 amide bonds. The first kappa shape index (κ1) is 17.0. The fourth-order valence-electron chi connectivity index (χ4n) is 2.04. The summed E-state index contributed by atoms with van der Waals surface area (Å²) in [5, 5.41) is 15.0. The van der Waals surface area contributed by atoms with Crippen LogP contribution >= 0.6 is 0 Å². The van der Waals surface area contributed by atoms with E-state index in [9.17, 15) is 9.90 Å². The highest BCUT2D eigenvalue weighted by Gasteiger charge is 2.23. The lowest BCUT2D eigenvalue weighted by Crippen LogP contribution is -2.50. The largest absolute Gasteiger partial charge is 0.444 e. The quantitative estimate of drug-likeness (QED) is 0.790. The van der Waals surface area contributed by atoms with E-state index < -0.39 is 5.54 Å². The van der Waals surface area contributed by atoms with Gasteiger partial charge >= 0.3 is 6.03 Å². The van der Waals surface area contributed by atoms with Crippen LogP contribution < -0.4 is 10.6 Å². The van der Waals surface area contributed by atoms with Crippen molar-refractivity contribution in [2.24, 2.45) is 0 Å². The zero-order valence-electron chi connectivity index (χ0n) is 13.9. The summed E-state index contributed by atoms with van der Waals surface area (Å²) < 4.78 is 5.39. The number of hydrogen-bond donors (Lipinski definition) is 3. The van der Waals surface area contributed by atoms with Gasteiger partial charge in [-0.1, -0.05) is 13.0 Å². The summed E-state index contributed by atoms with van der Waals surface area (Å²) in [7, 11) is 0. The van der Waals surface area contributed by atoms with E-state index in [0.29, 0.717) is 18.0 Å². The first-order valence-corrected chi connectivity index (χ1v) is 7.60. The summed E-state index contributed by atoms with van der Waals surface area (Å²) in [6.07, 6.45) is 2.22. The Hall–Kier alpha value is -2.34. The van der Waals surface area contributed by atoms with Crippen LogP contribution in [-0.2, 0) is 0 Å². The van der Waals surface area contributed by atoms with Crippen molar-refractivity contribution in [3.8, 4) is 11.5 Å². The van der Waals surface area contributed by atoms with Gasteiger partial charge in [-0.2, -0.15) is 0 Å². The van der Waals surface area contributed by atoms with E-state index in [-0.39, 0.29) is 12.6 Å². The van der Waals surface area contributed by atoms with Crippen molar-refractivity contribution in [2.45, 2.75) is 39.7 Å². The maximum atomic E-state index is 12.2. The van der Waals surface area contributed by atoms with E-state index in [0.717, 1.165) is 16.8 Å². The van der Waals surface area contributed by atoms with Gasteiger partial charge in [0.05, 0.1) is 17.8 Å². The molecule has 23 heavy (non-hydrogen) atoms. The standard InChI is InChI=1S/C17H23N3O3/c1-5-17(4,10-21)20-16(22)19-14-8-13(7-6-11(14)2)15-18-12(3)9-23-15/h6-9,21H,5,10H2,1-4H3,(H2,19,20,22). The number of nitrogens with zero attached hydrogens (tertiary/aromatic N) is 1. The molecule has 6 heteroatoms. The minimum Gasteiger partial charge on any atom is -0.444 e. The molecule has 0 radical (unpaired) electrons. The third kappa shape index (κ3) is 4.10. The minimum atomic E-state index is -0.644. The first-order chi connectivity index (χ1) is 10.9. The number of aliphatic hydroxyl groups excluding tert-OH is 1. The number of urea groups is 1. The van der Waals surface area contributed by atoms with E-state index >= 15 is 0 Å². The number of aromatic nitrogens is 1. The summed E-state index contributed by atoms with van der Waals surface area (Å²) in [5.74, 6) is 0.514. The van der Waals surface area contributed by atoms with Crippen LogP contribution in [0.3, 0.4) is 0 Å². The lowest BCUT2D eigenvalue weighted by atomic mass is 10.0. The number of benzene rings is 1. The molecular weight excluding hydrogens is 294 g/mol. The molecule has 124 valence electrons. The fourth-order valence-corrected chi connectivity index (χ4v) is 2.04. The second-order valence-electron chi connectivity index (χ2n) is 5.98. The molecule has 1 aromatic carbocycles. The summed E-state index contributed by atoms with van der Waals surface area (Å²) in [4.78, 5) is 16.5. The van der Waals surface area contributed by atoms with Crippen molar-refractivity contribution < 1.29 is 14.3 Å². The molecule has 1 unspecified atom stereocenters. The van der Waals surface area contributed by atoms with E-state index in [1.807, 2.05) is 39.0 Å². The number of amides is 2. The molecular formula is C17H23N3O3. The second-order valence-corrected chi connectivity index (χ2v) is 5.98. The van der Waals surface area contributed by atoms with Gasteiger partial charge in [0.15, 0.2) is 0 Å². The lowest BCUT2D eigenvalue weighted by molar-refractivity contribution is 0.172. The predicted molar refractivity (Wildman–Crippen MR) is 89.3 cm³/mol. The van der Waals surface area contributed by atoms with Crippen molar-refractivity contribution in [1.29, 1.82) is 0 Å². The normalized spacial score (nSPS) is 13.4. The number of carbonyl (C=O) groups excluding carboxylic acids is 1. The average molecular weight is 317 g/mol. The summed E-state index contributed by atoms with van der Waals surface area (Å²) in [5.41, 5.74) is 2.55. The molecule has 2 rings (SSSR count). The topological polar surface area (TPSA) is 87.4 Å². The molecule has 1 aromatic heterocycles. The number of aryl methyl sites for hydroxylation is 2. The number of rotatable bonds is 5. The number of oxazole rings is 1. The Bertz CT molecular complexity index is 690. The third-order valence-corrected chi connectivity index (χ3v) is 3.90. The van der Waals surface area contributed by atoms with Crippen LogP contribution in [0.15, 0.2) is 28.9 Å². The Morgan fingerprint density at radius 3 is 2.70 bits per heavy atom. The van der Waals surface area contributed by atoms with Crippen LogP contribution in [0, 0.1) is 13.8 Å². The van der Waals surface area contributed by atoms with Crippen LogP contribution in [-0.4, -0.2) is 28.3 Å². The fraction of sp³-hybridized carbons (Fsp3) is 0.412. The van der Waals surface area contributed by atoms with Crippen molar-refractivity contribution >= 4 is 11.7 Å². The monoisotopic (exact) mass is 317 g/mol. The minimum absolute atomic E-state index is 0.120. The molecule has 0 aliphatic carbocycles. The molecule has 1 heterocycles. The number of nitrogens with one attached hydrogen (secondary N) is 2. The summed E-state index contributed by atoms with van der Waals surface area (Å²) in [6, 6.07) is 5.26. The van der Waals surface area contributed by atoms with Crippen LogP contribution in [0.4, 0.5) is 10.5 Å². The average Bonchev–Trinajstić information content (AvgIpc) is 2.95. The van der Waals surface area contributed by atoms with Crippen molar-refractivity contribution in [2.75, 3.05) is 11.9 Å². The van der Waals surface area contributed by atoms with Crippen LogP contribution in [0.5, 0.6) is 0 Å². The molecule has 1 atom stereocenters. The molecule has 0 fully saturated rings. The van der Waals surface area contributed by atoms with Crippen LogP contribution in [0.2, 0.25) is 0 Å². The number of hydrogen-bond acceptors (Lipinski definition) is 4. The Morgan fingerprint density at radius 1 is 1.39 bits per heavy atom. The maximum absolute atomic E-state index is 12.2. The highest BCUT2D eigenvalue weighted by Crippen LogP contribution is 2.25. The molecule has 2 aromatic rings. The molecule has 0 aliphatic rings. The van der Waals surface area contributed by atoms with Gasteiger partial charge in [-0.15, -0.1) is 0 Å². The van der Waals surface area contributed by atoms with Crippen molar-refractivity contribution in [3.05, 3.63) is 35.7 Å². The maximum Gasteiger partial charge on any atom is 0.319 e. The second kappa shape index (κ2) is 6.83. The van der Waals surface area contributed by atoms with Gasteiger partial charge in [-0.3, -0.25) is 0 Å². The van der Waals surface area contributed by atoms with E-state index in [1.54, 1.807) is 13.2 Å². The van der Waals surface area contributed by atoms with Crippen molar-refractivity contribution in [3.63, 3.8) is 0 Å². The van der Waals surface area contributed by atoms with Gasteiger partial charge in [0, 0.05) is 11.3 Å². The molecule has 3 N–H and O–H groups in total. The van der Waals surface area contributed by atoms with Gasteiger partial charge in [-0.05, 0) is 44.9 Å². The highest BCUT2D eigenvalue weighted by atomic mass is 16.3. The van der Waals surface area contributed by atoms with E-state index in [2.05, 4.69) is 15.6 Å². The molecule has 0 aliphatic heterocycles. The van der Waals surface area contributed by atoms with Gasteiger partial charge in [0.1, 0.15) is 6.26 Å². The summed E-state index contributed by atoms with van der Waals surface area (Å²) in [6.45, 7) is 7.35. The zero-order valence-corrected chi connectivity index (χ0v) is 13.9. The van der Waals surface area contributed by atoms with Crippen molar-refractivity contribution in [1.82, 2.24) is 10.3 Å². The smallest absolute Gasteiger partial charge is 0.319 e. The Kier molecular flexibility index (Phi) is 5.05. The zero-order chi connectivity index (χ0) is 17.0. The molecule has 0 saturated heterocycles. The lowest BCUT2D eigenvalue weighted by Gasteiger charge is -2.27. The third-order valence-electron chi connectivity index (χ3n) is 3.90. The number of anilines is 1. The summed E-state index contributed by atoms with van der Waals surface area (Å²) >= 11 is 0. The van der Waals surface area contributed by atoms with Gasteiger partial charge in [0.25, 0.3) is 0 Å². The van der Waals surface area contributed by atoms with Gasteiger partial charge < -0.3 is 20.2 Å².